The Balaban J connectivity index is 1.93. The summed E-state index contributed by atoms with van der Waals surface area (Å²) in [5, 5.41) is 0. The van der Waals surface area contributed by atoms with Crippen molar-refractivity contribution in [3.05, 3.63) is 35.4 Å². The first-order chi connectivity index (χ1) is 10.2. The maximum atomic E-state index is 11.5. The highest BCUT2D eigenvalue weighted by atomic mass is 16.5. The molecule has 1 aromatic rings. The molecule has 1 saturated heterocycles. The Morgan fingerprint density at radius 1 is 1.43 bits per heavy atom. The van der Waals surface area contributed by atoms with Gasteiger partial charge in [0.05, 0.1) is 13.0 Å². The zero-order valence-electron chi connectivity index (χ0n) is 12.7. The Morgan fingerprint density at radius 2 is 2.19 bits per heavy atom. The highest BCUT2D eigenvalue weighted by Crippen LogP contribution is 2.17. The Kier molecular flexibility index (Phi) is 6.17. The van der Waals surface area contributed by atoms with Crippen molar-refractivity contribution < 1.29 is 9.53 Å². The van der Waals surface area contributed by atoms with Gasteiger partial charge in [-0.3, -0.25) is 10.2 Å². The van der Waals surface area contributed by atoms with Crippen LogP contribution < -0.4 is 11.3 Å². The average molecular weight is 291 g/mol. The number of hydrogen-bond acceptors (Lipinski definition) is 4. The van der Waals surface area contributed by atoms with Gasteiger partial charge in [0.2, 0.25) is 5.91 Å². The molecule has 1 atom stereocenters. The number of carbonyl (C=O) groups excluding carboxylic acids is 1. The second kappa shape index (κ2) is 8.12. The second-order valence-corrected chi connectivity index (χ2v) is 5.79. The molecule has 2 rings (SSSR count). The number of hydrogen-bond donors (Lipinski definition) is 2. The van der Waals surface area contributed by atoms with Gasteiger partial charge in [-0.05, 0) is 36.9 Å². The van der Waals surface area contributed by atoms with Crippen LogP contribution in [-0.4, -0.2) is 37.6 Å². The van der Waals surface area contributed by atoms with Gasteiger partial charge in [-0.2, -0.15) is 0 Å². The lowest BCUT2D eigenvalue weighted by Gasteiger charge is -2.27. The molecule has 0 aliphatic carbocycles. The lowest BCUT2D eigenvalue weighted by atomic mass is 10.0. The predicted octanol–water partition coefficient (Wildman–Crippen LogP) is 1.08. The van der Waals surface area contributed by atoms with Gasteiger partial charge < -0.3 is 9.64 Å². The van der Waals surface area contributed by atoms with E-state index in [1.54, 1.807) is 0 Å². The van der Waals surface area contributed by atoms with Crippen LogP contribution in [0.5, 0.6) is 0 Å². The van der Waals surface area contributed by atoms with Crippen molar-refractivity contribution in [2.75, 3.05) is 26.8 Å². The Bertz CT molecular complexity index is 459. The van der Waals surface area contributed by atoms with Gasteiger partial charge in [-0.15, -0.1) is 0 Å². The van der Waals surface area contributed by atoms with Gasteiger partial charge >= 0.3 is 0 Å². The molecule has 1 heterocycles. The molecular formula is C16H25N3O2. The third-order valence-electron chi connectivity index (χ3n) is 3.90. The van der Waals surface area contributed by atoms with Crippen LogP contribution >= 0.6 is 0 Å². The van der Waals surface area contributed by atoms with Gasteiger partial charge in [0.1, 0.15) is 0 Å². The van der Waals surface area contributed by atoms with Crippen LogP contribution in [-0.2, 0) is 22.5 Å². The lowest BCUT2D eigenvalue weighted by molar-refractivity contribution is -0.120. The maximum Gasteiger partial charge on any atom is 0.238 e. The molecule has 21 heavy (non-hydrogen) atoms. The van der Waals surface area contributed by atoms with Crippen molar-refractivity contribution in [2.24, 2.45) is 11.8 Å². The highest BCUT2D eigenvalue weighted by Gasteiger charge is 2.16. The first kappa shape index (κ1) is 15.9. The summed E-state index contributed by atoms with van der Waals surface area (Å²) in [4.78, 5) is 13.8. The average Bonchev–Trinajstić information content (AvgIpc) is 2.50. The molecule has 1 unspecified atom stereocenters. The van der Waals surface area contributed by atoms with Crippen LogP contribution in [0, 0.1) is 5.92 Å². The fourth-order valence-corrected chi connectivity index (χ4v) is 2.86. The molecule has 116 valence electrons. The number of ether oxygens (including phenoxy) is 1. The van der Waals surface area contributed by atoms with Crippen LogP contribution in [0.25, 0.3) is 0 Å². The number of benzene rings is 1. The number of hydrazine groups is 1. The van der Waals surface area contributed by atoms with Gasteiger partial charge in [-0.1, -0.05) is 24.3 Å². The monoisotopic (exact) mass is 291 g/mol. The molecule has 0 bridgehead atoms. The first-order valence-corrected chi connectivity index (χ1v) is 7.51. The molecule has 0 aromatic heterocycles. The fraction of sp³-hybridized carbons (Fsp3) is 0.562. The van der Waals surface area contributed by atoms with E-state index in [0.717, 1.165) is 38.3 Å². The Hall–Kier alpha value is -1.43. The summed E-state index contributed by atoms with van der Waals surface area (Å²) in [6.07, 6.45) is 2.72. The topological polar surface area (TPSA) is 67.6 Å². The van der Waals surface area contributed by atoms with Gasteiger partial charge in [0, 0.05) is 19.7 Å². The summed E-state index contributed by atoms with van der Waals surface area (Å²) in [5.41, 5.74) is 4.41. The zero-order chi connectivity index (χ0) is 15.1. The number of amides is 1. The standard InChI is InChI=1S/C16H25N3O2/c1-19(10-13-5-4-8-21-12-13)11-15-7-3-2-6-14(15)9-16(20)18-17/h2-3,6-7,13H,4-5,8-12,17H2,1H3,(H,18,20). The van der Waals surface area contributed by atoms with E-state index in [1.165, 1.54) is 12.0 Å². The van der Waals surface area contributed by atoms with E-state index in [9.17, 15) is 4.79 Å². The molecular weight excluding hydrogens is 266 g/mol. The van der Waals surface area contributed by atoms with Crippen molar-refractivity contribution in [2.45, 2.75) is 25.8 Å². The van der Waals surface area contributed by atoms with E-state index in [-0.39, 0.29) is 5.91 Å². The highest BCUT2D eigenvalue weighted by molar-refractivity contribution is 5.78. The summed E-state index contributed by atoms with van der Waals surface area (Å²) in [6, 6.07) is 8.03. The van der Waals surface area contributed by atoms with E-state index >= 15 is 0 Å². The summed E-state index contributed by atoms with van der Waals surface area (Å²) < 4.78 is 5.53. The minimum Gasteiger partial charge on any atom is -0.381 e. The van der Waals surface area contributed by atoms with Crippen molar-refractivity contribution in [1.29, 1.82) is 0 Å². The second-order valence-electron chi connectivity index (χ2n) is 5.79. The van der Waals surface area contributed by atoms with E-state index < -0.39 is 0 Å². The van der Waals surface area contributed by atoms with Crippen LogP contribution in [0.4, 0.5) is 0 Å². The molecule has 5 heteroatoms. The zero-order valence-corrected chi connectivity index (χ0v) is 12.7. The third-order valence-corrected chi connectivity index (χ3v) is 3.90. The number of rotatable bonds is 6. The molecule has 1 fully saturated rings. The molecule has 0 spiro atoms. The van der Waals surface area contributed by atoms with Crippen molar-refractivity contribution >= 4 is 5.91 Å². The van der Waals surface area contributed by atoms with Crippen LogP contribution in [0.2, 0.25) is 0 Å². The minimum absolute atomic E-state index is 0.161. The van der Waals surface area contributed by atoms with E-state index in [0.29, 0.717) is 12.3 Å². The molecule has 0 radical (unpaired) electrons. The fourth-order valence-electron chi connectivity index (χ4n) is 2.86. The number of nitrogens with zero attached hydrogens (tertiary/aromatic N) is 1. The van der Waals surface area contributed by atoms with E-state index in [2.05, 4.69) is 23.4 Å². The molecule has 1 aliphatic rings. The van der Waals surface area contributed by atoms with Gasteiger partial charge in [0.15, 0.2) is 0 Å². The van der Waals surface area contributed by atoms with Crippen molar-refractivity contribution in [1.82, 2.24) is 10.3 Å². The molecule has 5 nitrogen and oxygen atoms in total. The quantitative estimate of drug-likeness (QED) is 0.467. The first-order valence-electron chi connectivity index (χ1n) is 7.51. The molecule has 3 N–H and O–H groups in total. The van der Waals surface area contributed by atoms with Crippen LogP contribution in [0.15, 0.2) is 24.3 Å². The summed E-state index contributed by atoms with van der Waals surface area (Å²) >= 11 is 0. The predicted molar refractivity (Wildman–Crippen MR) is 82.4 cm³/mol. The molecule has 0 saturated carbocycles. The summed E-state index contributed by atoms with van der Waals surface area (Å²) in [5.74, 6) is 5.62. The Morgan fingerprint density at radius 3 is 2.86 bits per heavy atom. The van der Waals surface area contributed by atoms with Gasteiger partial charge in [-0.25, -0.2) is 5.84 Å². The molecule has 1 aromatic carbocycles. The summed E-state index contributed by atoms with van der Waals surface area (Å²) in [6.45, 7) is 3.63. The van der Waals surface area contributed by atoms with E-state index in [4.69, 9.17) is 10.6 Å². The van der Waals surface area contributed by atoms with Crippen LogP contribution in [0.3, 0.4) is 0 Å². The van der Waals surface area contributed by atoms with Crippen molar-refractivity contribution in [3.8, 4) is 0 Å². The number of nitrogens with one attached hydrogen (secondary N) is 1. The number of carbonyl (C=O) groups is 1. The van der Waals surface area contributed by atoms with E-state index in [1.807, 2.05) is 18.2 Å². The minimum atomic E-state index is -0.161. The van der Waals surface area contributed by atoms with Crippen molar-refractivity contribution in [3.63, 3.8) is 0 Å². The Labute approximate surface area is 126 Å². The largest absolute Gasteiger partial charge is 0.381 e. The molecule has 1 aliphatic heterocycles. The normalized spacial score (nSPS) is 18.7. The SMILES string of the molecule is CN(Cc1ccccc1CC(=O)NN)CC1CCCOC1. The van der Waals surface area contributed by atoms with Gasteiger partial charge in [0.25, 0.3) is 0 Å². The molecule has 1 amide bonds. The summed E-state index contributed by atoms with van der Waals surface area (Å²) in [7, 11) is 2.12. The maximum absolute atomic E-state index is 11.5. The lowest BCUT2D eigenvalue weighted by Crippen LogP contribution is -2.32. The smallest absolute Gasteiger partial charge is 0.238 e. The van der Waals surface area contributed by atoms with Crippen LogP contribution in [0.1, 0.15) is 24.0 Å². The number of nitrogens with two attached hydrogens (primary N) is 1. The third kappa shape index (κ3) is 5.12.